The van der Waals surface area contributed by atoms with Crippen molar-refractivity contribution in [3.8, 4) is 6.19 Å². The second-order valence-electron chi connectivity index (χ2n) is 7.84. The maximum atomic E-state index is 14.4. The number of benzene rings is 2. The van der Waals surface area contributed by atoms with Crippen molar-refractivity contribution in [3.05, 3.63) is 71.2 Å². The second-order valence-corrected chi connectivity index (χ2v) is 7.84. The van der Waals surface area contributed by atoms with Gasteiger partial charge in [0.1, 0.15) is 11.7 Å². The zero-order valence-electron chi connectivity index (χ0n) is 17.8. The van der Waals surface area contributed by atoms with Crippen LogP contribution in [0.4, 0.5) is 4.39 Å². The number of piperazine rings is 1. The predicted molar refractivity (Wildman–Crippen MR) is 119 cm³/mol. The minimum atomic E-state index is -0.741. The number of aryl methyl sites for hydroxylation is 1. The molecule has 1 fully saturated rings. The first kappa shape index (κ1) is 21.2. The van der Waals surface area contributed by atoms with Crippen LogP contribution >= 0.6 is 0 Å². The Bertz CT molecular complexity index is 1260. The summed E-state index contributed by atoms with van der Waals surface area (Å²) in [6, 6.07) is 12.0. The second kappa shape index (κ2) is 8.63. The highest BCUT2D eigenvalue weighted by Crippen LogP contribution is 2.26. The average Bonchev–Trinajstić information content (AvgIpc) is 3.26. The summed E-state index contributed by atoms with van der Waals surface area (Å²) in [5.41, 5.74) is 2.15. The molecular formula is C24H22FN5O2. The van der Waals surface area contributed by atoms with E-state index < -0.39 is 17.5 Å². The molecule has 7 nitrogen and oxygen atoms in total. The zero-order chi connectivity index (χ0) is 22.8. The quantitative estimate of drug-likeness (QED) is 0.227. The number of halogens is 1. The fourth-order valence-electron chi connectivity index (χ4n) is 4.18. The Morgan fingerprint density at radius 1 is 1.19 bits per heavy atom. The molecule has 0 radical (unpaired) electrons. The highest BCUT2D eigenvalue weighted by Gasteiger charge is 2.34. The Hall–Kier alpha value is -3.99. The van der Waals surface area contributed by atoms with Crippen molar-refractivity contribution in [1.29, 1.82) is 5.26 Å². The average molecular weight is 431 g/mol. The van der Waals surface area contributed by atoms with Gasteiger partial charge in [0.05, 0.1) is 11.1 Å². The van der Waals surface area contributed by atoms with E-state index in [1.807, 2.05) is 55.3 Å². The number of aliphatic imine (C=N–C) groups is 1. The Balaban J connectivity index is 1.55. The number of fused-ring (bicyclic) bond motifs is 1. The molecule has 0 saturated carbocycles. The van der Waals surface area contributed by atoms with Crippen LogP contribution in [0.1, 0.15) is 28.4 Å². The number of aromatic nitrogens is 1. The van der Waals surface area contributed by atoms with Gasteiger partial charge in [-0.05, 0) is 25.5 Å². The van der Waals surface area contributed by atoms with E-state index in [-0.39, 0.29) is 23.5 Å². The largest absolute Gasteiger partial charge is 0.360 e. The van der Waals surface area contributed by atoms with Crippen LogP contribution in [-0.4, -0.2) is 58.0 Å². The van der Waals surface area contributed by atoms with Crippen LogP contribution in [0.3, 0.4) is 0 Å². The first-order valence-electron chi connectivity index (χ1n) is 10.3. The maximum Gasteiger partial charge on any atom is 0.295 e. The zero-order valence-corrected chi connectivity index (χ0v) is 17.8. The lowest BCUT2D eigenvalue weighted by atomic mass is 10.0. The Morgan fingerprint density at radius 2 is 1.94 bits per heavy atom. The summed E-state index contributed by atoms with van der Waals surface area (Å²) in [7, 11) is 0. The fraction of sp³-hybridized carbons (Fsp3) is 0.250. The number of amidine groups is 1. The molecule has 1 aromatic heterocycles. The van der Waals surface area contributed by atoms with E-state index >= 15 is 0 Å². The van der Waals surface area contributed by atoms with Crippen molar-refractivity contribution in [1.82, 2.24) is 14.8 Å². The summed E-state index contributed by atoms with van der Waals surface area (Å²) in [4.78, 5) is 36.4. The molecule has 1 aliphatic heterocycles. The van der Waals surface area contributed by atoms with Gasteiger partial charge in [-0.15, -0.1) is 0 Å². The van der Waals surface area contributed by atoms with Crippen LogP contribution in [0.5, 0.6) is 0 Å². The van der Waals surface area contributed by atoms with Crippen LogP contribution in [0.25, 0.3) is 10.9 Å². The van der Waals surface area contributed by atoms with Gasteiger partial charge in [0.2, 0.25) is 6.19 Å². The summed E-state index contributed by atoms with van der Waals surface area (Å²) < 4.78 is 14.4. The van der Waals surface area contributed by atoms with Gasteiger partial charge < -0.3 is 14.8 Å². The smallest absolute Gasteiger partial charge is 0.295 e. The van der Waals surface area contributed by atoms with E-state index in [1.165, 1.54) is 17.2 Å². The van der Waals surface area contributed by atoms with E-state index in [1.54, 1.807) is 6.07 Å². The molecular weight excluding hydrogens is 409 g/mol. The number of hydrogen-bond acceptors (Lipinski definition) is 4. The van der Waals surface area contributed by atoms with E-state index in [0.29, 0.717) is 24.4 Å². The van der Waals surface area contributed by atoms with Crippen LogP contribution < -0.4 is 0 Å². The molecule has 0 spiro atoms. The van der Waals surface area contributed by atoms with Crippen molar-refractivity contribution in [2.45, 2.75) is 19.9 Å². The van der Waals surface area contributed by atoms with Gasteiger partial charge in [-0.3, -0.25) is 9.59 Å². The van der Waals surface area contributed by atoms with Crippen LogP contribution in [-0.2, 0) is 4.79 Å². The molecule has 0 unspecified atom stereocenters. The highest BCUT2D eigenvalue weighted by atomic mass is 19.1. The van der Waals surface area contributed by atoms with Gasteiger partial charge in [0, 0.05) is 42.8 Å². The molecule has 32 heavy (non-hydrogen) atoms. The molecule has 1 amide bonds. The van der Waals surface area contributed by atoms with Gasteiger partial charge in [0.25, 0.3) is 11.7 Å². The Kier molecular flexibility index (Phi) is 5.73. The van der Waals surface area contributed by atoms with Crippen molar-refractivity contribution in [3.63, 3.8) is 0 Å². The predicted octanol–water partition coefficient (Wildman–Crippen LogP) is 3.26. The normalized spacial score (nSPS) is 16.8. The number of ketones is 1. The number of hydrogen-bond donors (Lipinski definition) is 1. The van der Waals surface area contributed by atoms with Gasteiger partial charge in [-0.25, -0.2) is 4.39 Å². The molecule has 1 saturated heterocycles. The number of nitrogens with one attached hydrogen (secondary N) is 1. The number of rotatable bonds is 3. The fourth-order valence-corrected chi connectivity index (χ4v) is 4.18. The van der Waals surface area contributed by atoms with E-state index in [0.717, 1.165) is 11.1 Å². The minimum Gasteiger partial charge on any atom is -0.360 e. The van der Waals surface area contributed by atoms with Gasteiger partial charge in [0.15, 0.2) is 0 Å². The third kappa shape index (κ3) is 3.73. The number of H-pyrrole nitrogens is 1. The SMILES string of the molecule is Cc1ccc(F)c2c(C(=O)C(=O)N3CCN(/C(=N/C#N)c4ccccc4)C[C@@H]3C)c[nH]c12. The first-order valence-corrected chi connectivity index (χ1v) is 10.3. The number of Topliss-reactive ketones (excluding diaryl/α,β-unsaturated/α-hetero) is 1. The number of nitriles is 1. The maximum absolute atomic E-state index is 14.4. The molecule has 8 heteroatoms. The Morgan fingerprint density at radius 3 is 2.62 bits per heavy atom. The minimum absolute atomic E-state index is 0.0387. The Labute approximate surface area is 184 Å². The number of aromatic amines is 1. The van der Waals surface area contributed by atoms with Crippen LogP contribution in [0.2, 0.25) is 0 Å². The number of nitrogens with zero attached hydrogens (tertiary/aromatic N) is 4. The lowest BCUT2D eigenvalue weighted by molar-refractivity contribution is -0.130. The molecule has 0 bridgehead atoms. The highest BCUT2D eigenvalue weighted by molar-refractivity contribution is 6.45. The molecule has 4 rings (SSSR count). The lowest BCUT2D eigenvalue weighted by Crippen LogP contribution is -2.57. The first-order chi connectivity index (χ1) is 15.4. The third-order valence-corrected chi connectivity index (χ3v) is 5.81. The van der Waals surface area contributed by atoms with Crippen LogP contribution in [0.15, 0.2) is 53.7 Å². The molecule has 162 valence electrons. The van der Waals surface area contributed by atoms with Crippen molar-refractivity contribution < 1.29 is 14.0 Å². The van der Waals surface area contributed by atoms with Crippen molar-refractivity contribution >= 4 is 28.4 Å². The van der Waals surface area contributed by atoms with Gasteiger partial charge in [-0.1, -0.05) is 36.4 Å². The molecule has 1 aliphatic rings. The topological polar surface area (TPSA) is 92.6 Å². The molecule has 3 aromatic rings. The van der Waals surface area contributed by atoms with Crippen molar-refractivity contribution in [2.75, 3.05) is 19.6 Å². The molecule has 0 aliphatic carbocycles. The monoisotopic (exact) mass is 431 g/mol. The molecule has 1 atom stereocenters. The van der Waals surface area contributed by atoms with E-state index in [9.17, 15) is 14.0 Å². The van der Waals surface area contributed by atoms with E-state index in [4.69, 9.17) is 5.26 Å². The summed E-state index contributed by atoms with van der Waals surface area (Å²) in [6.45, 7) is 4.76. The molecule has 2 aromatic carbocycles. The number of amides is 1. The van der Waals surface area contributed by atoms with Crippen molar-refractivity contribution in [2.24, 2.45) is 4.99 Å². The summed E-state index contributed by atoms with van der Waals surface area (Å²) >= 11 is 0. The number of carbonyl (C=O) groups excluding carboxylic acids is 2. The summed E-state index contributed by atoms with van der Waals surface area (Å²) in [5, 5.41) is 9.28. The molecule has 2 heterocycles. The molecule has 1 N–H and O–H groups in total. The lowest BCUT2D eigenvalue weighted by Gasteiger charge is -2.40. The van der Waals surface area contributed by atoms with Crippen LogP contribution in [0, 0.1) is 24.2 Å². The summed E-state index contributed by atoms with van der Waals surface area (Å²) in [5.74, 6) is -1.42. The van der Waals surface area contributed by atoms with Gasteiger partial charge in [-0.2, -0.15) is 10.3 Å². The standard InChI is InChI=1S/C24H22FN5O2/c1-15-8-9-19(25)20-18(12-27-21(15)20)22(31)24(32)30-11-10-29(13-16(30)2)23(28-14-26)17-6-4-3-5-7-17/h3-9,12,16,27H,10-11,13H2,1-2H3/b28-23+/t16-/m0/s1. The van der Waals surface area contributed by atoms with E-state index in [2.05, 4.69) is 9.98 Å². The van der Waals surface area contributed by atoms with Gasteiger partial charge >= 0.3 is 0 Å². The third-order valence-electron chi connectivity index (χ3n) is 5.81. The number of carbonyl (C=O) groups is 2. The summed E-state index contributed by atoms with van der Waals surface area (Å²) in [6.07, 6.45) is 3.25.